The monoisotopic (exact) mass is 299 g/mol. The fourth-order valence-electron chi connectivity index (χ4n) is 2.24. The second-order valence-electron chi connectivity index (χ2n) is 5.13. The first-order valence-electron chi connectivity index (χ1n) is 7.25. The quantitative estimate of drug-likeness (QED) is 0.771. The fourth-order valence-corrected chi connectivity index (χ4v) is 3.04. The molecule has 0 aliphatic carbocycles. The molecule has 0 bridgehead atoms. The summed E-state index contributed by atoms with van der Waals surface area (Å²) in [5, 5.41) is 3.05. The zero-order valence-electron chi connectivity index (χ0n) is 12.7. The van der Waals surface area contributed by atoms with Gasteiger partial charge in [-0.2, -0.15) is 0 Å². The summed E-state index contributed by atoms with van der Waals surface area (Å²) in [6.07, 6.45) is 0. The summed E-state index contributed by atoms with van der Waals surface area (Å²) >= 11 is 1.69. The number of amides is 1. The fraction of sp³-hybridized carbons (Fsp3) is 0.278. The number of benzene rings is 2. The summed E-state index contributed by atoms with van der Waals surface area (Å²) in [5.41, 5.74) is 2.79. The van der Waals surface area contributed by atoms with Crippen molar-refractivity contribution >= 4 is 23.4 Å². The first-order chi connectivity index (χ1) is 10.1. The number of hydrogen-bond donors (Lipinski definition) is 1. The van der Waals surface area contributed by atoms with E-state index < -0.39 is 0 Å². The summed E-state index contributed by atoms with van der Waals surface area (Å²) in [5.74, 6) is 1.29. The van der Waals surface area contributed by atoms with Crippen LogP contribution in [-0.4, -0.2) is 11.7 Å². The van der Waals surface area contributed by atoms with Crippen LogP contribution in [0.15, 0.2) is 53.4 Å². The lowest BCUT2D eigenvalue weighted by atomic mass is 10.0. The molecule has 2 aromatic carbocycles. The second-order valence-corrected chi connectivity index (χ2v) is 6.43. The number of carbonyl (C=O) groups is 1. The lowest BCUT2D eigenvalue weighted by molar-refractivity contribution is 0.102. The number of rotatable bonds is 5. The molecule has 0 fully saturated rings. The van der Waals surface area contributed by atoms with Crippen molar-refractivity contribution in [2.75, 3.05) is 11.1 Å². The van der Waals surface area contributed by atoms with Crippen LogP contribution in [-0.2, 0) is 0 Å². The van der Waals surface area contributed by atoms with Gasteiger partial charge in [-0.05, 0) is 35.4 Å². The van der Waals surface area contributed by atoms with E-state index in [9.17, 15) is 4.79 Å². The van der Waals surface area contributed by atoms with Crippen molar-refractivity contribution in [3.63, 3.8) is 0 Å². The van der Waals surface area contributed by atoms with Crippen LogP contribution in [0.3, 0.4) is 0 Å². The molecule has 0 aliphatic rings. The number of thioether (sulfide) groups is 1. The molecule has 0 unspecified atom stereocenters. The molecule has 21 heavy (non-hydrogen) atoms. The molecule has 1 N–H and O–H groups in total. The van der Waals surface area contributed by atoms with Gasteiger partial charge in [0.05, 0.1) is 5.56 Å². The third-order valence-corrected chi connectivity index (χ3v) is 4.22. The molecule has 0 saturated heterocycles. The van der Waals surface area contributed by atoms with Crippen molar-refractivity contribution < 1.29 is 4.79 Å². The van der Waals surface area contributed by atoms with Crippen molar-refractivity contribution in [3.8, 4) is 0 Å². The topological polar surface area (TPSA) is 29.1 Å². The van der Waals surface area contributed by atoms with Crippen molar-refractivity contribution in [3.05, 3.63) is 59.7 Å². The number of nitrogens with one attached hydrogen (secondary N) is 1. The summed E-state index contributed by atoms with van der Waals surface area (Å²) in [6, 6.07) is 15.7. The Labute approximate surface area is 131 Å². The van der Waals surface area contributed by atoms with Gasteiger partial charge in [0.1, 0.15) is 0 Å². The van der Waals surface area contributed by atoms with Crippen LogP contribution in [0.5, 0.6) is 0 Å². The third kappa shape index (κ3) is 3.88. The van der Waals surface area contributed by atoms with Gasteiger partial charge in [0.25, 0.3) is 5.91 Å². The van der Waals surface area contributed by atoms with Gasteiger partial charge in [0, 0.05) is 10.6 Å². The predicted octanol–water partition coefficient (Wildman–Crippen LogP) is 5.17. The molecule has 110 valence electrons. The van der Waals surface area contributed by atoms with Crippen molar-refractivity contribution in [2.24, 2.45) is 0 Å². The summed E-state index contributed by atoms with van der Waals surface area (Å²) in [7, 11) is 0. The van der Waals surface area contributed by atoms with E-state index in [1.54, 1.807) is 11.8 Å². The highest BCUT2D eigenvalue weighted by molar-refractivity contribution is 7.99. The molecule has 0 saturated carbocycles. The van der Waals surface area contributed by atoms with E-state index in [0.717, 1.165) is 27.5 Å². The second kappa shape index (κ2) is 7.32. The average molecular weight is 299 g/mol. The Bertz CT molecular complexity index is 622. The highest BCUT2D eigenvalue weighted by Gasteiger charge is 2.13. The van der Waals surface area contributed by atoms with Crippen molar-refractivity contribution in [2.45, 2.75) is 31.6 Å². The molecule has 2 rings (SSSR count). The lowest BCUT2D eigenvalue weighted by Crippen LogP contribution is -2.14. The van der Waals surface area contributed by atoms with Gasteiger partial charge >= 0.3 is 0 Å². The normalized spacial score (nSPS) is 10.7. The largest absolute Gasteiger partial charge is 0.322 e. The highest BCUT2D eigenvalue weighted by Crippen LogP contribution is 2.26. The Hall–Kier alpha value is -1.74. The molecular formula is C18H21NOS. The Morgan fingerprint density at radius 2 is 1.76 bits per heavy atom. The molecule has 1 amide bonds. The molecule has 0 spiro atoms. The predicted molar refractivity (Wildman–Crippen MR) is 91.3 cm³/mol. The van der Waals surface area contributed by atoms with Gasteiger partial charge in [-0.15, -0.1) is 11.8 Å². The molecular weight excluding hydrogens is 278 g/mol. The maximum absolute atomic E-state index is 12.6. The molecule has 0 radical (unpaired) electrons. The van der Waals surface area contributed by atoms with E-state index in [1.807, 2.05) is 42.5 Å². The van der Waals surface area contributed by atoms with Gasteiger partial charge in [-0.25, -0.2) is 0 Å². The van der Waals surface area contributed by atoms with E-state index in [2.05, 4.69) is 32.2 Å². The number of carbonyl (C=O) groups excluding carboxylic acids is 1. The van der Waals surface area contributed by atoms with Gasteiger partial charge < -0.3 is 5.32 Å². The smallest absolute Gasteiger partial charge is 0.256 e. The average Bonchev–Trinajstić information content (AvgIpc) is 2.48. The molecule has 0 heterocycles. The van der Waals surface area contributed by atoms with Crippen LogP contribution < -0.4 is 5.32 Å². The maximum Gasteiger partial charge on any atom is 0.256 e. The molecule has 0 atom stereocenters. The van der Waals surface area contributed by atoms with Gasteiger partial charge in [0.2, 0.25) is 0 Å². The number of hydrogen-bond acceptors (Lipinski definition) is 2. The Morgan fingerprint density at radius 3 is 2.48 bits per heavy atom. The van der Waals surface area contributed by atoms with Crippen LogP contribution in [0.4, 0.5) is 5.69 Å². The Morgan fingerprint density at radius 1 is 1.10 bits per heavy atom. The van der Waals surface area contributed by atoms with Crippen molar-refractivity contribution in [1.29, 1.82) is 0 Å². The van der Waals surface area contributed by atoms with Crippen LogP contribution in [0, 0.1) is 0 Å². The summed E-state index contributed by atoms with van der Waals surface area (Å²) < 4.78 is 0. The van der Waals surface area contributed by atoms with Crippen molar-refractivity contribution in [1.82, 2.24) is 0 Å². The molecule has 0 aromatic heterocycles. The summed E-state index contributed by atoms with van der Waals surface area (Å²) in [6.45, 7) is 6.35. The standard InChI is InChI=1S/C18H21NOS/c1-4-21-17-12-8-6-10-15(17)18(20)19-16-11-7-5-9-14(16)13(2)3/h5-13H,4H2,1-3H3,(H,19,20). The van der Waals surface area contributed by atoms with Crippen LogP contribution in [0.25, 0.3) is 0 Å². The number of anilines is 1. The summed E-state index contributed by atoms with van der Waals surface area (Å²) in [4.78, 5) is 13.6. The van der Waals surface area contributed by atoms with Crippen LogP contribution in [0.2, 0.25) is 0 Å². The molecule has 2 aromatic rings. The van der Waals surface area contributed by atoms with Gasteiger partial charge in [-0.1, -0.05) is 51.1 Å². The van der Waals surface area contributed by atoms with E-state index in [4.69, 9.17) is 0 Å². The maximum atomic E-state index is 12.6. The SMILES string of the molecule is CCSc1ccccc1C(=O)Nc1ccccc1C(C)C. The van der Waals surface area contributed by atoms with E-state index in [-0.39, 0.29) is 5.91 Å². The molecule has 3 heteroatoms. The van der Waals surface area contributed by atoms with Gasteiger partial charge in [-0.3, -0.25) is 4.79 Å². The lowest BCUT2D eigenvalue weighted by Gasteiger charge is -2.14. The molecule has 0 aliphatic heterocycles. The zero-order chi connectivity index (χ0) is 15.2. The van der Waals surface area contributed by atoms with Crippen LogP contribution >= 0.6 is 11.8 Å². The third-order valence-electron chi connectivity index (χ3n) is 3.26. The minimum absolute atomic E-state index is 0.0420. The number of para-hydroxylation sites is 1. The minimum atomic E-state index is -0.0420. The minimum Gasteiger partial charge on any atom is -0.322 e. The van der Waals surface area contributed by atoms with E-state index >= 15 is 0 Å². The first kappa shape index (κ1) is 15.6. The van der Waals surface area contributed by atoms with E-state index in [0.29, 0.717) is 5.92 Å². The Kier molecular flexibility index (Phi) is 5.45. The van der Waals surface area contributed by atoms with E-state index in [1.165, 1.54) is 0 Å². The highest BCUT2D eigenvalue weighted by atomic mass is 32.2. The van der Waals surface area contributed by atoms with Crippen LogP contribution in [0.1, 0.15) is 42.6 Å². The Balaban J connectivity index is 2.27. The first-order valence-corrected chi connectivity index (χ1v) is 8.24. The molecule has 2 nitrogen and oxygen atoms in total. The van der Waals surface area contributed by atoms with Gasteiger partial charge in [0.15, 0.2) is 0 Å². The zero-order valence-corrected chi connectivity index (χ0v) is 13.5.